The van der Waals surface area contributed by atoms with Gasteiger partial charge in [0.2, 0.25) is 5.91 Å². The maximum Gasteiger partial charge on any atom is 0.234 e. The molecule has 4 nitrogen and oxygen atoms in total. The van der Waals surface area contributed by atoms with Crippen LogP contribution in [0.1, 0.15) is 25.5 Å². The van der Waals surface area contributed by atoms with Crippen molar-refractivity contribution in [1.29, 1.82) is 0 Å². The number of methoxy groups -OCH3 is 1. The molecule has 1 unspecified atom stereocenters. The maximum atomic E-state index is 11.7. The molecule has 0 aliphatic carbocycles. The van der Waals surface area contributed by atoms with E-state index in [1.807, 2.05) is 38.1 Å². The molecule has 0 fully saturated rings. The molecule has 19 heavy (non-hydrogen) atoms. The van der Waals surface area contributed by atoms with Crippen LogP contribution in [0.2, 0.25) is 5.02 Å². The summed E-state index contributed by atoms with van der Waals surface area (Å²) in [5, 5.41) is 6.70. The lowest BCUT2D eigenvalue weighted by Gasteiger charge is -2.17. The number of hydrogen-bond donors (Lipinski definition) is 2. The first kappa shape index (κ1) is 16.0. The van der Waals surface area contributed by atoms with Gasteiger partial charge in [-0.05, 0) is 25.5 Å². The smallest absolute Gasteiger partial charge is 0.234 e. The summed E-state index contributed by atoms with van der Waals surface area (Å²) in [6.45, 7) is 4.64. The molecule has 106 valence electrons. The van der Waals surface area contributed by atoms with Crippen molar-refractivity contribution in [2.24, 2.45) is 0 Å². The number of hydrogen-bond acceptors (Lipinski definition) is 3. The zero-order valence-corrected chi connectivity index (χ0v) is 12.3. The van der Waals surface area contributed by atoms with E-state index in [0.29, 0.717) is 11.6 Å². The fourth-order valence-electron chi connectivity index (χ4n) is 1.80. The average molecular weight is 285 g/mol. The monoisotopic (exact) mass is 284 g/mol. The highest BCUT2D eigenvalue weighted by Crippen LogP contribution is 2.21. The van der Waals surface area contributed by atoms with Crippen LogP contribution in [0, 0.1) is 0 Å². The summed E-state index contributed by atoms with van der Waals surface area (Å²) in [4.78, 5) is 11.7. The summed E-state index contributed by atoms with van der Waals surface area (Å²) < 4.78 is 4.96. The van der Waals surface area contributed by atoms with Crippen LogP contribution in [-0.2, 0) is 9.53 Å². The fraction of sp³-hybridized carbons (Fsp3) is 0.500. The number of amides is 1. The molecule has 2 N–H and O–H groups in total. The Bertz CT molecular complexity index is 412. The number of carbonyl (C=O) groups excluding carboxylic acids is 1. The van der Waals surface area contributed by atoms with Gasteiger partial charge in [0.05, 0.1) is 13.2 Å². The highest BCUT2D eigenvalue weighted by molar-refractivity contribution is 6.31. The van der Waals surface area contributed by atoms with E-state index in [2.05, 4.69) is 10.6 Å². The lowest BCUT2D eigenvalue weighted by molar-refractivity contribution is -0.121. The van der Waals surface area contributed by atoms with E-state index in [1.165, 1.54) is 0 Å². The van der Waals surface area contributed by atoms with Crippen LogP contribution in [0.3, 0.4) is 0 Å². The Morgan fingerprint density at radius 3 is 2.68 bits per heavy atom. The van der Waals surface area contributed by atoms with E-state index in [9.17, 15) is 4.79 Å². The minimum atomic E-state index is -0.0524. The van der Waals surface area contributed by atoms with Crippen LogP contribution in [0.5, 0.6) is 0 Å². The molecule has 0 aromatic heterocycles. The molecule has 0 aliphatic rings. The van der Waals surface area contributed by atoms with Gasteiger partial charge in [0.15, 0.2) is 0 Å². The SMILES string of the molecule is COCC(C)NC(=O)CN[C@H](C)c1ccccc1Cl. The molecule has 0 radical (unpaired) electrons. The zero-order chi connectivity index (χ0) is 14.3. The number of rotatable bonds is 7. The third kappa shape index (κ3) is 5.59. The normalized spacial score (nSPS) is 13.9. The van der Waals surface area contributed by atoms with Crippen molar-refractivity contribution in [2.45, 2.75) is 25.9 Å². The topological polar surface area (TPSA) is 50.4 Å². The highest BCUT2D eigenvalue weighted by Gasteiger charge is 2.11. The van der Waals surface area contributed by atoms with Crippen molar-refractivity contribution in [3.05, 3.63) is 34.9 Å². The average Bonchev–Trinajstić information content (AvgIpc) is 2.36. The summed E-state index contributed by atoms with van der Waals surface area (Å²) in [6, 6.07) is 7.64. The Morgan fingerprint density at radius 2 is 2.05 bits per heavy atom. The predicted octanol–water partition coefficient (Wildman–Crippen LogP) is 2.14. The zero-order valence-electron chi connectivity index (χ0n) is 11.6. The van der Waals surface area contributed by atoms with Crippen molar-refractivity contribution in [2.75, 3.05) is 20.3 Å². The second-order valence-corrected chi connectivity index (χ2v) is 4.96. The Balaban J connectivity index is 2.40. The Morgan fingerprint density at radius 1 is 1.37 bits per heavy atom. The number of carbonyl (C=O) groups is 1. The molecule has 1 aromatic carbocycles. The quantitative estimate of drug-likeness (QED) is 0.807. The predicted molar refractivity (Wildman–Crippen MR) is 77.4 cm³/mol. The van der Waals surface area contributed by atoms with Gasteiger partial charge in [-0.25, -0.2) is 0 Å². The fourth-order valence-corrected chi connectivity index (χ4v) is 2.10. The van der Waals surface area contributed by atoms with Crippen molar-refractivity contribution in [3.63, 3.8) is 0 Å². The summed E-state index contributed by atoms with van der Waals surface area (Å²) in [7, 11) is 1.61. The third-order valence-electron chi connectivity index (χ3n) is 2.76. The number of halogens is 1. The van der Waals surface area contributed by atoms with Gasteiger partial charge in [-0.15, -0.1) is 0 Å². The van der Waals surface area contributed by atoms with Crippen LogP contribution >= 0.6 is 11.6 Å². The van der Waals surface area contributed by atoms with Crippen LogP contribution in [0.4, 0.5) is 0 Å². The van der Waals surface area contributed by atoms with E-state index in [4.69, 9.17) is 16.3 Å². The molecule has 2 atom stereocenters. The second kappa shape index (κ2) is 8.15. The molecule has 0 aliphatic heterocycles. The van der Waals surface area contributed by atoms with Gasteiger partial charge < -0.3 is 15.4 Å². The molecule has 1 aromatic rings. The van der Waals surface area contributed by atoms with Gasteiger partial charge in [-0.1, -0.05) is 29.8 Å². The Labute approximate surface area is 119 Å². The van der Waals surface area contributed by atoms with Crippen molar-refractivity contribution < 1.29 is 9.53 Å². The lowest BCUT2D eigenvalue weighted by atomic mass is 10.1. The van der Waals surface area contributed by atoms with Crippen molar-refractivity contribution >= 4 is 17.5 Å². The van der Waals surface area contributed by atoms with Crippen LogP contribution in [-0.4, -0.2) is 32.2 Å². The molecule has 1 rings (SSSR count). The summed E-state index contributed by atoms with van der Waals surface area (Å²) in [6.07, 6.45) is 0. The van der Waals surface area contributed by atoms with E-state index >= 15 is 0 Å². The van der Waals surface area contributed by atoms with Gasteiger partial charge in [0, 0.05) is 24.2 Å². The standard InChI is InChI=1S/C14H21ClN2O2/c1-10(9-19-3)17-14(18)8-16-11(2)12-6-4-5-7-13(12)15/h4-7,10-11,16H,8-9H2,1-3H3,(H,17,18)/t10?,11-/m1/s1. The number of nitrogens with one attached hydrogen (secondary N) is 2. The minimum Gasteiger partial charge on any atom is -0.383 e. The molecule has 0 heterocycles. The number of ether oxygens (including phenoxy) is 1. The first-order valence-electron chi connectivity index (χ1n) is 6.30. The Kier molecular flexibility index (Phi) is 6.84. The van der Waals surface area contributed by atoms with E-state index in [0.717, 1.165) is 5.56 Å². The first-order valence-corrected chi connectivity index (χ1v) is 6.68. The van der Waals surface area contributed by atoms with Gasteiger partial charge in [0.1, 0.15) is 0 Å². The summed E-state index contributed by atoms with van der Waals surface area (Å²) >= 11 is 6.10. The number of benzene rings is 1. The van der Waals surface area contributed by atoms with Crippen molar-refractivity contribution in [1.82, 2.24) is 10.6 Å². The van der Waals surface area contributed by atoms with Gasteiger partial charge in [-0.3, -0.25) is 4.79 Å². The minimum absolute atomic E-state index is 0.00918. The van der Waals surface area contributed by atoms with Gasteiger partial charge in [-0.2, -0.15) is 0 Å². The van der Waals surface area contributed by atoms with Gasteiger partial charge >= 0.3 is 0 Å². The molecule has 5 heteroatoms. The van der Waals surface area contributed by atoms with E-state index in [-0.39, 0.29) is 24.5 Å². The second-order valence-electron chi connectivity index (χ2n) is 4.55. The van der Waals surface area contributed by atoms with E-state index in [1.54, 1.807) is 7.11 Å². The van der Waals surface area contributed by atoms with Crippen molar-refractivity contribution in [3.8, 4) is 0 Å². The molecule has 0 spiro atoms. The largest absolute Gasteiger partial charge is 0.383 e. The van der Waals surface area contributed by atoms with Crippen LogP contribution < -0.4 is 10.6 Å². The Hall–Kier alpha value is -1.10. The lowest BCUT2D eigenvalue weighted by Crippen LogP contribution is -2.41. The van der Waals surface area contributed by atoms with Crippen LogP contribution in [0.15, 0.2) is 24.3 Å². The van der Waals surface area contributed by atoms with Gasteiger partial charge in [0.25, 0.3) is 0 Å². The first-order chi connectivity index (χ1) is 9.04. The van der Waals surface area contributed by atoms with E-state index < -0.39 is 0 Å². The summed E-state index contributed by atoms with van der Waals surface area (Å²) in [5.74, 6) is -0.0524. The highest BCUT2D eigenvalue weighted by atomic mass is 35.5. The van der Waals surface area contributed by atoms with Crippen LogP contribution in [0.25, 0.3) is 0 Å². The maximum absolute atomic E-state index is 11.7. The summed E-state index contributed by atoms with van der Waals surface area (Å²) in [5.41, 5.74) is 0.988. The molecule has 0 saturated carbocycles. The molecule has 1 amide bonds. The third-order valence-corrected chi connectivity index (χ3v) is 3.11. The molecule has 0 saturated heterocycles. The molecular weight excluding hydrogens is 264 g/mol. The molecule has 0 bridgehead atoms. The molecular formula is C14H21ClN2O2.